The average molecular weight is 498 g/mol. The minimum atomic E-state index is -1.02. The van der Waals surface area contributed by atoms with Crippen molar-refractivity contribution in [3.05, 3.63) is 90.0 Å². The quantitative estimate of drug-likeness (QED) is 0.225. The summed E-state index contributed by atoms with van der Waals surface area (Å²) in [5.74, 6) is -0.536. The van der Waals surface area contributed by atoms with Crippen LogP contribution in [0.5, 0.6) is 5.75 Å². The molecule has 1 aliphatic rings. The summed E-state index contributed by atoms with van der Waals surface area (Å²) in [4.78, 5) is 33.6. The van der Waals surface area contributed by atoms with Crippen LogP contribution in [-0.2, 0) is 20.9 Å². The number of para-hydroxylation sites is 2. The van der Waals surface area contributed by atoms with Crippen LogP contribution in [-0.4, -0.2) is 34.6 Å². The van der Waals surface area contributed by atoms with Gasteiger partial charge in [0.05, 0.1) is 23.7 Å². The van der Waals surface area contributed by atoms with E-state index in [0.717, 1.165) is 35.0 Å². The van der Waals surface area contributed by atoms with Gasteiger partial charge in [-0.25, -0.2) is 4.98 Å². The Labute approximate surface area is 216 Å². The number of carbonyl (C=O) groups is 2. The normalized spacial score (nSPS) is 17.0. The SMILES string of the molecule is CCCCN1C(=O)[C@H](C(=O)OCC)[C@@H](c2ccc(OCc3ccccc3)cc2)n2c1nc1ccccc12. The van der Waals surface area contributed by atoms with E-state index < -0.39 is 17.9 Å². The van der Waals surface area contributed by atoms with Gasteiger partial charge < -0.3 is 14.0 Å². The summed E-state index contributed by atoms with van der Waals surface area (Å²) >= 11 is 0. The number of rotatable bonds is 9. The number of imidazole rings is 1. The summed E-state index contributed by atoms with van der Waals surface area (Å²) < 4.78 is 13.4. The molecule has 0 bridgehead atoms. The van der Waals surface area contributed by atoms with E-state index in [-0.39, 0.29) is 12.5 Å². The smallest absolute Gasteiger partial charge is 0.321 e. The van der Waals surface area contributed by atoms with Gasteiger partial charge in [0.25, 0.3) is 0 Å². The molecule has 4 aromatic rings. The summed E-state index contributed by atoms with van der Waals surface area (Å²) in [7, 11) is 0. The van der Waals surface area contributed by atoms with Crippen LogP contribution in [0, 0.1) is 5.92 Å². The second kappa shape index (κ2) is 10.9. The lowest BCUT2D eigenvalue weighted by atomic mass is 9.89. The van der Waals surface area contributed by atoms with Crippen LogP contribution in [0.4, 0.5) is 5.95 Å². The van der Waals surface area contributed by atoms with Crippen molar-refractivity contribution in [2.24, 2.45) is 5.92 Å². The molecule has 0 radical (unpaired) electrons. The average Bonchev–Trinajstić information content (AvgIpc) is 3.31. The van der Waals surface area contributed by atoms with Crippen molar-refractivity contribution in [2.75, 3.05) is 18.1 Å². The first-order valence-electron chi connectivity index (χ1n) is 12.8. The molecule has 1 aromatic heterocycles. The van der Waals surface area contributed by atoms with Crippen LogP contribution in [0.1, 0.15) is 43.9 Å². The lowest BCUT2D eigenvalue weighted by molar-refractivity contribution is -0.153. The van der Waals surface area contributed by atoms with Crippen LogP contribution in [0.15, 0.2) is 78.9 Å². The second-order valence-corrected chi connectivity index (χ2v) is 9.13. The number of benzene rings is 3. The highest BCUT2D eigenvalue weighted by atomic mass is 16.5. The molecular formula is C30H31N3O4. The van der Waals surface area contributed by atoms with Gasteiger partial charge in [0.1, 0.15) is 12.4 Å². The number of aromatic nitrogens is 2. The molecular weight excluding hydrogens is 466 g/mol. The lowest BCUT2D eigenvalue weighted by Crippen LogP contribution is -2.50. The van der Waals surface area contributed by atoms with Gasteiger partial charge in [-0.15, -0.1) is 0 Å². The van der Waals surface area contributed by atoms with Crippen molar-refractivity contribution in [1.82, 2.24) is 9.55 Å². The zero-order valence-corrected chi connectivity index (χ0v) is 21.2. The molecule has 0 spiro atoms. The zero-order valence-electron chi connectivity index (χ0n) is 21.2. The van der Waals surface area contributed by atoms with Crippen LogP contribution in [0.25, 0.3) is 11.0 Å². The molecule has 1 aliphatic heterocycles. The Hall–Kier alpha value is -4.13. The molecule has 2 atom stereocenters. The molecule has 7 nitrogen and oxygen atoms in total. The van der Waals surface area contributed by atoms with Crippen molar-refractivity contribution in [3.8, 4) is 5.75 Å². The Morgan fingerprint density at radius 3 is 2.41 bits per heavy atom. The first-order valence-corrected chi connectivity index (χ1v) is 12.8. The molecule has 0 aliphatic carbocycles. The standard InChI is InChI=1S/C30H31N3O4/c1-3-5-19-32-28(34)26(29(35)36-4-2)27(33-25-14-10-9-13-24(25)31-30(32)33)22-15-17-23(18-16-22)37-20-21-11-7-6-8-12-21/h6-18,26-27H,3-5,19-20H2,1-2H3/t26-,27-/m1/s1. The second-order valence-electron chi connectivity index (χ2n) is 9.13. The van der Waals surface area contributed by atoms with E-state index in [9.17, 15) is 9.59 Å². The number of hydrogen-bond acceptors (Lipinski definition) is 5. The molecule has 0 fully saturated rings. The molecule has 0 saturated heterocycles. The maximum absolute atomic E-state index is 13.8. The van der Waals surface area contributed by atoms with Gasteiger partial charge >= 0.3 is 5.97 Å². The summed E-state index contributed by atoms with van der Waals surface area (Å²) in [5, 5.41) is 0. The lowest BCUT2D eigenvalue weighted by Gasteiger charge is -2.38. The monoisotopic (exact) mass is 497 g/mol. The summed E-state index contributed by atoms with van der Waals surface area (Å²) in [5.41, 5.74) is 3.55. The van der Waals surface area contributed by atoms with Gasteiger partial charge in [0.15, 0.2) is 5.92 Å². The number of amides is 1. The van der Waals surface area contributed by atoms with E-state index in [1.165, 1.54) is 0 Å². The molecule has 3 aromatic carbocycles. The van der Waals surface area contributed by atoms with Crippen molar-refractivity contribution >= 4 is 28.9 Å². The van der Waals surface area contributed by atoms with Crippen molar-refractivity contribution in [1.29, 1.82) is 0 Å². The summed E-state index contributed by atoms with van der Waals surface area (Å²) in [6.45, 7) is 4.98. The molecule has 1 amide bonds. The third kappa shape index (κ3) is 4.81. The number of ether oxygens (including phenoxy) is 2. The topological polar surface area (TPSA) is 73.7 Å². The zero-order chi connectivity index (χ0) is 25.8. The Bertz CT molecular complexity index is 1380. The van der Waals surface area contributed by atoms with Gasteiger partial charge in [0, 0.05) is 6.54 Å². The van der Waals surface area contributed by atoms with E-state index in [4.69, 9.17) is 14.5 Å². The minimum Gasteiger partial charge on any atom is -0.489 e. The van der Waals surface area contributed by atoms with Gasteiger partial charge in [-0.1, -0.05) is 67.9 Å². The molecule has 190 valence electrons. The van der Waals surface area contributed by atoms with E-state index >= 15 is 0 Å². The van der Waals surface area contributed by atoms with Crippen molar-refractivity contribution in [3.63, 3.8) is 0 Å². The number of carbonyl (C=O) groups excluding carboxylic acids is 2. The Balaban J connectivity index is 1.56. The molecule has 0 unspecified atom stereocenters. The highest BCUT2D eigenvalue weighted by Gasteiger charge is 2.47. The number of hydrogen-bond donors (Lipinski definition) is 0. The van der Waals surface area contributed by atoms with Crippen molar-refractivity contribution in [2.45, 2.75) is 39.3 Å². The van der Waals surface area contributed by atoms with Crippen molar-refractivity contribution < 1.29 is 19.1 Å². The first kappa shape index (κ1) is 24.6. The molecule has 2 heterocycles. The fraction of sp³-hybridized carbons (Fsp3) is 0.300. The first-order chi connectivity index (χ1) is 18.1. The molecule has 0 N–H and O–H groups in total. The number of anilines is 1. The Kier molecular flexibility index (Phi) is 7.21. The molecule has 0 saturated carbocycles. The van der Waals surface area contributed by atoms with Crippen LogP contribution in [0.3, 0.4) is 0 Å². The largest absolute Gasteiger partial charge is 0.489 e. The van der Waals surface area contributed by atoms with E-state index in [1.54, 1.807) is 11.8 Å². The van der Waals surface area contributed by atoms with E-state index in [2.05, 4.69) is 6.92 Å². The summed E-state index contributed by atoms with van der Waals surface area (Å²) in [6, 6.07) is 24.8. The Morgan fingerprint density at radius 1 is 0.946 bits per heavy atom. The fourth-order valence-electron chi connectivity index (χ4n) is 4.88. The Morgan fingerprint density at radius 2 is 1.68 bits per heavy atom. The van der Waals surface area contributed by atoms with Gasteiger partial charge in [0.2, 0.25) is 11.9 Å². The molecule has 37 heavy (non-hydrogen) atoms. The predicted molar refractivity (Wildman–Crippen MR) is 142 cm³/mol. The maximum Gasteiger partial charge on any atom is 0.321 e. The number of esters is 1. The minimum absolute atomic E-state index is 0.202. The highest BCUT2D eigenvalue weighted by Crippen LogP contribution is 2.41. The third-order valence-electron chi connectivity index (χ3n) is 6.69. The number of fused-ring (bicyclic) bond motifs is 3. The number of nitrogens with zero attached hydrogens (tertiary/aromatic N) is 3. The highest BCUT2D eigenvalue weighted by molar-refractivity contribution is 6.08. The molecule has 5 rings (SSSR count). The number of unbranched alkanes of at least 4 members (excludes halogenated alkanes) is 1. The predicted octanol–water partition coefficient (Wildman–Crippen LogP) is 5.53. The van der Waals surface area contributed by atoms with E-state index in [0.29, 0.717) is 24.8 Å². The van der Waals surface area contributed by atoms with Gasteiger partial charge in [-0.3, -0.25) is 14.5 Å². The van der Waals surface area contributed by atoms with Crippen LogP contribution in [0.2, 0.25) is 0 Å². The van der Waals surface area contributed by atoms with Gasteiger partial charge in [-0.2, -0.15) is 0 Å². The molecule has 7 heteroatoms. The third-order valence-corrected chi connectivity index (χ3v) is 6.69. The fourth-order valence-corrected chi connectivity index (χ4v) is 4.88. The van der Waals surface area contributed by atoms with Gasteiger partial charge in [-0.05, 0) is 48.7 Å². The van der Waals surface area contributed by atoms with E-state index in [1.807, 2.05) is 83.4 Å². The van der Waals surface area contributed by atoms with Crippen LogP contribution < -0.4 is 9.64 Å². The maximum atomic E-state index is 13.8. The summed E-state index contributed by atoms with van der Waals surface area (Å²) in [6.07, 6.45) is 1.73. The van der Waals surface area contributed by atoms with Crippen LogP contribution >= 0.6 is 0 Å².